The fourth-order valence-corrected chi connectivity index (χ4v) is 7.00. The van der Waals surface area contributed by atoms with Crippen LogP contribution in [0.1, 0.15) is 52.4 Å². The van der Waals surface area contributed by atoms with Crippen molar-refractivity contribution in [2.75, 3.05) is 6.54 Å². The standard InChI is InChI=1S/C21H28N2O3/c1-4-11(2)20-9-17(25)15(22)8-21(20,26-12(3)24)19-18-14(20)7-16(18)23(19)10-13-5-6-13/h13-14,16,18-19,22H,2,4-10H2,1,3H3/t14?,16?,18?,19-,20-,21-/m1/s1. The average Bonchev–Trinajstić information content (AvgIpc) is 3.36. The smallest absolute Gasteiger partial charge is 0.303 e. The number of piperidine rings is 1. The van der Waals surface area contributed by atoms with Crippen LogP contribution in [0.15, 0.2) is 12.2 Å². The minimum absolute atomic E-state index is 0.0825. The highest BCUT2D eigenvalue weighted by Gasteiger charge is 2.84. The summed E-state index contributed by atoms with van der Waals surface area (Å²) in [6.07, 6.45) is 5.02. The molecule has 5 heteroatoms. The molecule has 0 aromatic rings. The Morgan fingerprint density at radius 3 is 2.73 bits per heavy atom. The van der Waals surface area contributed by atoms with Crippen LogP contribution in [0.2, 0.25) is 0 Å². The Bertz CT molecular complexity index is 742. The lowest BCUT2D eigenvalue weighted by atomic mass is 9.52. The number of rotatable bonds is 5. The first-order valence-electron chi connectivity index (χ1n) is 10.1. The number of fused-ring (bicyclic) bond motifs is 3. The van der Waals surface area contributed by atoms with Crippen molar-refractivity contribution in [2.45, 2.75) is 70.1 Å². The van der Waals surface area contributed by atoms with Gasteiger partial charge in [-0.2, -0.15) is 0 Å². The Labute approximate surface area is 154 Å². The highest BCUT2D eigenvalue weighted by Crippen LogP contribution is 2.76. The van der Waals surface area contributed by atoms with Crippen molar-refractivity contribution in [3.8, 4) is 0 Å². The third kappa shape index (κ3) is 1.73. The lowest BCUT2D eigenvalue weighted by Gasteiger charge is -2.63. The van der Waals surface area contributed by atoms with Crippen LogP contribution in [0.25, 0.3) is 0 Å². The number of hydrogen-bond acceptors (Lipinski definition) is 5. The molecule has 1 aliphatic heterocycles. The molecule has 0 bridgehead atoms. The van der Waals surface area contributed by atoms with Crippen LogP contribution in [-0.2, 0) is 14.3 Å². The van der Waals surface area contributed by atoms with Gasteiger partial charge in [-0.15, -0.1) is 0 Å². The SMILES string of the molecule is C=C(CC)[C@@]12CC(=O)C(=N)C[C@@]1(OC(C)=O)[C@H]1C3C(CC32)N1CC1CC1. The first-order valence-corrected chi connectivity index (χ1v) is 10.1. The molecule has 5 aliphatic rings. The van der Waals surface area contributed by atoms with Crippen LogP contribution in [0.5, 0.6) is 0 Å². The van der Waals surface area contributed by atoms with Crippen LogP contribution in [0.4, 0.5) is 0 Å². The van der Waals surface area contributed by atoms with E-state index in [0.29, 0.717) is 24.3 Å². The molecule has 0 radical (unpaired) electrons. The van der Waals surface area contributed by atoms with Crippen molar-refractivity contribution in [1.29, 1.82) is 5.41 Å². The Kier molecular flexibility index (Phi) is 3.25. The predicted molar refractivity (Wildman–Crippen MR) is 96.9 cm³/mol. The number of Topliss-reactive ketones (excluding diaryl/α,β-unsaturated/α-hetero) is 1. The molecular formula is C21H28N2O3. The lowest BCUT2D eigenvalue weighted by Crippen LogP contribution is -2.74. The monoisotopic (exact) mass is 356 g/mol. The van der Waals surface area contributed by atoms with Gasteiger partial charge in [-0.25, -0.2) is 0 Å². The average molecular weight is 356 g/mol. The molecule has 1 N–H and O–H groups in total. The summed E-state index contributed by atoms with van der Waals surface area (Å²) in [6.45, 7) is 9.01. The van der Waals surface area contributed by atoms with Gasteiger partial charge in [0.25, 0.3) is 0 Å². The molecule has 0 amide bonds. The molecule has 5 nitrogen and oxygen atoms in total. The number of ketones is 1. The van der Waals surface area contributed by atoms with E-state index in [-0.39, 0.29) is 29.9 Å². The molecule has 5 fully saturated rings. The molecule has 1 heterocycles. The summed E-state index contributed by atoms with van der Waals surface area (Å²) in [5, 5.41) is 8.29. The van der Waals surface area contributed by atoms with E-state index in [1.165, 1.54) is 19.8 Å². The molecule has 4 aliphatic carbocycles. The van der Waals surface area contributed by atoms with Gasteiger partial charge in [0, 0.05) is 37.8 Å². The van der Waals surface area contributed by atoms with E-state index in [1.807, 2.05) is 0 Å². The van der Waals surface area contributed by atoms with Crippen molar-refractivity contribution in [3.63, 3.8) is 0 Å². The summed E-state index contributed by atoms with van der Waals surface area (Å²) >= 11 is 0. The Balaban J connectivity index is 1.65. The summed E-state index contributed by atoms with van der Waals surface area (Å²) in [4.78, 5) is 27.4. The minimum Gasteiger partial charge on any atom is -0.456 e. The van der Waals surface area contributed by atoms with Crippen LogP contribution < -0.4 is 0 Å². The molecule has 1 saturated heterocycles. The molecule has 0 aromatic heterocycles. The number of likely N-dealkylation sites (tertiary alicyclic amines) is 1. The van der Waals surface area contributed by atoms with Gasteiger partial charge in [-0.3, -0.25) is 14.5 Å². The predicted octanol–water partition coefficient (Wildman–Crippen LogP) is 2.74. The normalized spacial score (nSPS) is 46.1. The fourth-order valence-electron chi connectivity index (χ4n) is 7.00. The molecule has 4 saturated carbocycles. The number of carbonyl (C=O) groups excluding carboxylic acids is 2. The maximum absolute atomic E-state index is 12.6. The number of hydrogen-bond donors (Lipinski definition) is 1. The number of esters is 1. The summed E-state index contributed by atoms with van der Waals surface area (Å²) in [7, 11) is 0. The van der Waals surface area contributed by atoms with E-state index in [0.717, 1.165) is 30.9 Å². The summed E-state index contributed by atoms with van der Waals surface area (Å²) in [5.74, 6) is 1.27. The number of nitrogens with one attached hydrogen (secondary N) is 1. The minimum atomic E-state index is -0.770. The Morgan fingerprint density at radius 1 is 1.38 bits per heavy atom. The van der Waals surface area contributed by atoms with Crippen molar-refractivity contribution in [2.24, 2.45) is 23.2 Å². The number of carbonyl (C=O) groups is 2. The second-order valence-corrected chi connectivity index (χ2v) is 9.24. The number of nitrogens with zero attached hydrogens (tertiary/aromatic N) is 1. The van der Waals surface area contributed by atoms with Gasteiger partial charge < -0.3 is 10.1 Å². The third-order valence-corrected chi connectivity index (χ3v) is 8.18. The molecule has 140 valence electrons. The van der Waals surface area contributed by atoms with Gasteiger partial charge in [0.2, 0.25) is 0 Å². The van der Waals surface area contributed by atoms with Gasteiger partial charge in [0.1, 0.15) is 5.60 Å². The van der Waals surface area contributed by atoms with Gasteiger partial charge in [-0.05, 0) is 43.4 Å². The summed E-state index contributed by atoms with van der Waals surface area (Å²) in [5.41, 5.74) is -0.0708. The molecular weight excluding hydrogens is 328 g/mol. The molecule has 3 unspecified atom stereocenters. The van der Waals surface area contributed by atoms with Crippen molar-refractivity contribution < 1.29 is 14.3 Å². The van der Waals surface area contributed by atoms with Gasteiger partial charge in [0.15, 0.2) is 5.78 Å². The quantitative estimate of drug-likeness (QED) is 0.607. The van der Waals surface area contributed by atoms with Gasteiger partial charge in [0.05, 0.1) is 11.8 Å². The molecule has 0 spiro atoms. The first kappa shape index (κ1) is 16.7. The maximum atomic E-state index is 12.6. The molecule has 26 heavy (non-hydrogen) atoms. The Hall–Kier alpha value is -1.49. The zero-order valence-electron chi connectivity index (χ0n) is 15.7. The maximum Gasteiger partial charge on any atom is 0.303 e. The van der Waals surface area contributed by atoms with Crippen molar-refractivity contribution in [1.82, 2.24) is 4.90 Å². The van der Waals surface area contributed by atoms with Crippen LogP contribution in [0.3, 0.4) is 0 Å². The van der Waals surface area contributed by atoms with E-state index in [9.17, 15) is 9.59 Å². The first-order chi connectivity index (χ1) is 12.4. The zero-order chi connectivity index (χ0) is 18.4. The summed E-state index contributed by atoms with van der Waals surface area (Å²) in [6, 6.07) is 0.738. The van der Waals surface area contributed by atoms with E-state index in [1.54, 1.807) is 0 Å². The topological polar surface area (TPSA) is 70.5 Å². The largest absolute Gasteiger partial charge is 0.456 e. The third-order valence-electron chi connectivity index (χ3n) is 8.18. The van der Waals surface area contributed by atoms with E-state index in [2.05, 4.69) is 18.4 Å². The second-order valence-electron chi connectivity index (χ2n) is 9.24. The van der Waals surface area contributed by atoms with E-state index >= 15 is 0 Å². The fraction of sp³-hybridized carbons (Fsp3) is 0.762. The van der Waals surface area contributed by atoms with E-state index < -0.39 is 11.0 Å². The summed E-state index contributed by atoms with van der Waals surface area (Å²) < 4.78 is 6.18. The lowest BCUT2D eigenvalue weighted by molar-refractivity contribution is -0.196. The molecule has 5 rings (SSSR count). The van der Waals surface area contributed by atoms with Gasteiger partial charge >= 0.3 is 5.97 Å². The van der Waals surface area contributed by atoms with Crippen molar-refractivity contribution >= 4 is 17.5 Å². The highest BCUT2D eigenvalue weighted by atomic mass is 16.6. The van der Waals surface area contributed by atoms with Crippen molar-refractivity contribution in [3.05, 3.63) is 12.2 Å². The number of ether oxygens (including phenoxy) is 1. The van der Waals surface area contributed by atoms with E-state index in [4.69, 9.17) is 10.1 Å². The Morgan fingerprint density at radius 2 is 2.12 bits per heavy atom. The van der Waals surface area contributed by atoms with Gasteiger partial charge in [-0.1, -0.05) is 19.1 Å². The zero-order valence-corrected chi connectivity index (χ0v) is 15.7. The van der Waals surface area contributed by atoms with Crippen LogP contribution in [-0.4, -0.2) is 46.6 Å². The van der Waals surface area contributed by atoms with Crippen LogP contribution >= 0.6 is 0 Å². The molecule has 0 aromatic carbocycles. The second kappa shape index (κ2) is 5.06. The van der Waals surface area contributed by atoms with Crippen LogP contribution in [0, 0.1) is 28.6 Å². The molecule has 6 atom stereocenters. The highest BCUT2D eigenvalue weighted by molar-refractivity contribution is 6.39.